The maximum Gasteiger partial charge on any atom is 0.270 e. The summed E-state index contributed by atoms with van der Waals surface area (Å²) >= 11 is 0. The molecule has 1 N–H and O–H groups in total. The Labute approximate surface area is 125 Å². The third-order valence-electron chi connectivity index (χ3n) is 3.00. The van der Waals surface area contributed by atoms with Crippen LogP contribution < -0.4 is 10.1 Å². The van der Waals surface area contributed by atoms with E-state index in [1.165, 1.54) is 0 Å². The smallest absolute Gasteiger partial charge is 0.270 e. The lowest BCUT2D eigenvalue weighted by atomic mass is 10.1. The number of nitrogens with zero attached hydrogens (tertiary/aromatic N) is 1. The second-order valence-electron chi connectivity index (χ2n) is 5.15. The normalized spacial score (nSPS) is 12.0. The number of pyridine rings is 1. The summed E-state index contributed by atoms with van der Waals surface area (Å²) in [5.74, 6) is 0.655. The lowest BCUT2D eigenvalue weighted by molar-refractivity contribution is 0.0935. The number of benzene rings is 1. The quantitative estimate of drug-likeness (QED) is 0.916. The largest absolute Gasteiger partial charge is 0.491 e. The monoisotopic (exact) mass is 284 g/mol. The van der Waals surface area contributed by atoms with Crippen LogP contribution in [0.2, 0.25) is 0 Å². The van der Waals surface area contributed by atoms with Gasteiger partial charge in [0.05, 0.1) is 12.1 Å². The SMILES string of the molecule is CC(C)Oc1ccc(C(C)NC(=O)c2ccccn2)cc1. The zero-order valence-electron chi connectivity index (χ0n) is 12.5. The van der Waals surface area contributed by atoms with E-state index < -0.39 is 0 Å². The number of carbonyl (C=O) groups is 1. The maximum absolute atomic E-state index is 12.0. The number of nitrogens with one attached hydrogen (secondary N) is 1. The molecule has 0 aliphatic carbocycles. The van der Waals surface area contributed by atoms with Gasteiger partial charge < -0.3 is 10.1 Å². The van der Waals surface area contributed by atoms with E-state index in [-0.39, 0.29) is 18.1 Å². The van der Waals surface area contributed by atoms with Crippen LogP contribution in [0.25, 0.3) is 0 Å². The predicted octanol–water partition coefficient (Wildman–Crippen LogP) is 3.36. The Morgan fingerprint density at radius 2 is 1.81 bits per heavy atom. The molecule has 0 spiro atoms. The molecule has 2 rings (SSSR count). The number of aromatic nitrogens is 1. The van der Waals surface area contributed by atoms with Gasteiger partial charge in [-0.25, -0.2) is 0 Å². The molecule has 21 heavy (non-hydrogen) atoms. The first-order chi connectivity index (χ1) is 10.1. The Kier molecular flexibility index (Phi) is 4.93. The van der Waals surface area contributed by atoms with E-state index in [1.54, 1.807) is 24.4 Å². The topological polar surface area (TPSA) is 51.2 Å². The van der Waals surface area contributed by atoms with Crippen molar-refractivity contribution in [2.24, 2.45) is 0 Å². The van der Waals surface area contributed by atoms with E-state index in [0.29, 0.717) is 5.69 Å². The van der Waals surface area contributed by atoms with Crippen molar-refractivity contribution in [2.45, 2.75) is 32.9 Å². The number of rotatable bonds is 5. The predicted molar refractivity (Wildman–Crippen MR) is 82.3 cm³/mol. The van der Waals surface area contributed by atoms with Gasteiger partial charge in [-0.15, -0.1) is 0 Å². The molecular formula is C17H20N2O2. The van der Waals surface area contributed by atoms with E-state index in [0.717, 1.165) is 11.3 Å². The first-order valence-electron chi connectivity index (χ1n) is 7.05. The first-order valence-corrected chi connectivity index (χ1v) is 7.05. The summed E-state index contributed by atoms with van der Waals surface area (Å²) in [4.78, 5) is 16.1. The van der Waals surface area contributed by atoms with E-state index >= 15 is 0 Å². The van der Waals surface area contributed by atoms with Gasteiger partial charge >= 0.3 is 0 Å². The third-order valence-corrected chi connectivity index (χ3v) is 3.00. The molecule has 0 aliphatic heterocycles. The molecule has 0 saturated heterocycles. The Morgan fingerprint density at radius 3 is 2.38 bits per heavy atom. The lowest BCUT2D eigenvalue weighted by Gasteiger charge is -2.15. The summed E-state index contributed by atoms with van der Waals surface area (Å²) in [7, 11) is 0. The maximum atomic E-state index is 12.0. The first kappa shape index (κ1) is 15.0. The summed E-state index contributed by atoms with van der Waals surface area (Å²) in [5.41, 5.74) is 1.44. The molecule has 2 aromatic rings. The van der Waals surface area contributed by atoms with Gasteiger partial charge in [0.2, 0.25) is 0 Å². The number of carbonyl (C=O) groups excluding carboxylic acids is 1. The second-order valence-corrected chi connectivity index (χ2v) is 5.15. The van der Waals surface area contributed by atoms with Crippen molar-refractivity contribution in [1.82, 2.24) is 10.3 Å². The molecule has 0 radical (unpaired) electrons. The molecular weight excluding hydrogens is 264 g/mol. The third kappa shape index (κ3) is 4.31. The summed E-state index contributed by atoms with van der Waals surface area (Å²) in [5, 5.41) is 2.93. The minimum Gasteiger partial charge on any atom is -0.491 e. The minimum atomic E-state index is -0.175. The van der Waals surface area contributed by atoms with Crippen LogP contribution >= 0.6 is 0 Å². The van der Waals surface area contributed by atoms with Gasteiger partial charge in [-0.05, 0) is 50.6 Å². The summed E-state index contributed by atoms with van der Waals surface area (Å²) < 4.78 is 5.60. The van der Waals surface area contributed by atoms with Crippen molar-refractivity contribution >= 4 is 5.91 Å². The van der Waals surface area contributed by atoms with Crippen LogP contribution in [-0.2, 0) is 0 Å². The molecule has 110 valence electrons. The molecule has 1 unspecified atom stereocenters. The molecule has 1 amide bonds. The van der Waals surface area contributed by atoms with Crippen molar-refractivity contribution < 1.29 is 9.53 Å². The molecule has 1 heterocycles. The summed E-state index contributed by atoms with van der Waals surface area (Å²) in [6.07, 6.45) is 1.76. The Hall–Kier alpha value is -2.36. The van der Waals surface area contributed by atoms with Gasteiger partial charge in [-0.3, -0.25) is 9.78 Å². The number of hydrogen-bond donors (Lipinski definition) is 1. The molecule has 4 heteroatoms. The molecule has 0 fully saturated rings. The van der Waals surface area contributed by atoms with Crippen LogP contribution in [0.1, 0.15) is 42.9 Å². The van der Waals surface area contributed by atoms with E-state index in [9.17, 15) is 4.79 Å². The fourth-order valence-corrected chi connectivity index (χ4v) is 1.96. The highest BCUT2D eigenvalue weighted by molar-refractivity contribution is 5.92. The van der Waals surface area contributed by atoms with Crippen molar-refractivity contribution in [2.75, 3.05) is 0 Å². The van der Waals surface area contributed by atoms with E-state index in [2.05, 4.69) is 10.3 Å². The molecule has 0 bridgehead atoms. The average molecular weight is 284 g/mol. The molecule has 1 aromatic carbocycles. The zero-order valence-corrected chi connectivity index (χ0v) is 12.5. The highest BCUT2D eigenvalue weighted by Crippen LogP contribution is 2.18. The standard InChI is InChI=1S/C17H20N2O2/c1-12(2)21-15-9-7-14(8-10-15)13(3)19-17(20)16-6-4-5-11-18-16/h4-13H,1-3H3,(H,19,20). The zero-order chi connectivity index (χ0) is 15.2. The van der Waals surface area contributed by atoms with E-state index in [4.69, 9.17) is 4.74 Å². The van der Waals surface area contributed by atoms with Crippen LogP contribution in [0, 0.1) is 0 Å². The minimum absolute atomic E-state index is 0.0902. The molecule has 0 aliphatic rings. The number of hydrogen-bond acceptors (Lipinski definition) is 3. The lowest BCUT2D eigenvalue weighted by Crippen LogP contribution is -2.27. The number of ether oxygens (including phenoxy) is 1. The summed E-state index contributed by atoms with van der Waals surface area (Å²) in [6, 6.07) is 12.9. The van der Waals surface area contributed by atoms with Crippen molar-refractivity contribution in [3.8, 4) is 5.75 Å². The van der Waals surface area contributed by atoms with Crippen LogP contribution in [0.5, 0.6) is 5.75 Å². The van der Waals surface area contributed by atoms with Crippen LogP contribution in [0.4, 0.5) is 0 Å². The van der Waals surface area contributed by atoms with E-state index in [1.807, 2.05) is 45.0 Å². The van der Waals surface area contributed by atoms with Crippen LogP contribution in [0.15, 0.2) is 48.7 Å². The van der Waals surface area contributed by atoms with Crippen LogP contribution in [-0.4, -0.2) is 17.0 Å². The Morgan fingerprint density at radius 1 is 1.10 bits per heavy atom. The highest BCUT2D eigenvalue weighted by atomic mass is 16.5. The molecule has 1 aromatic heterocycles. The Balaban J connectivity index is 2.00. The van der Waals surface area contributed by atoms with Crippen molar-refractivity contribution in [1.29, 1.82) is 0 Å². The van der Waals surface area contributed by atoms with Crippen molar-refractivity contribution in [3.05, 3.63) is 59.9 Å². The number of amides is 1. The average Bonchev–Trinajstić information content (AvgIpc) is 2.48. The molecule has 0 saturated carbocycles. The fourth-order valence-electron chi connectivity index (χ4n) is 1.96. The van der Waals surface area contributed by atoms with Gasteiger partial charge in [-0.2, -0.15) is 0 Å². The second kappa shape index (κ2) is 6.88. The summed E-state index contributed by atoms with van der Waals surface area (Å²) in [6.45, 7) is 5.92. The Bertz CT molecular complexity index is 579. The van der Waals surface area contributed by atoms with Gasteiger partial charge in [0.1, 0.15) is 11.4 Å². The highest BCUT2D eigenvalue weighted by Gasteiger charge is 2.12. The van der Waals surface area contributed by atoms with Gasteiger partial charge in [0.15, 0.2) is 0 Å². The van der Waals surface area contributed by atoms with Gasteiger partial charge in [-0.1, -0.05) is 18.2 Å². The molecule has 1 atom stereocenters. The molecule has 4 nitrogen and oxygen atoms in total. The van der Waals surface area contributed by atoms with Crippen LogP contribution in [0.3, 0.4) is 0 Å². The van der Waals surface area contributed by atoms with Gasteiger partial charge in [0.25, 0.3) is 5.91 Å². The van der Waals surface area contributed by atoms with Gasteiger partial charge in [0, 0.05) is 6.20 Å². The van der Waals surface area contributed by atoms with Crippen molar-refractivity contribution in [3.63, 3.8) is 0 Å². The fraction of sp³-hybridized carbons (Fsp3) is 0.294.